The molecule has 1 heterocycles. The maximum Gasteiger partial charge on any atom is 0.229 e. The van der Waals surface area contributed by atoms with Crippen molar-refractivity contribution in [3.8, 4) is 0 Å². The zero-order valence-electron chi connectivity index (χ0n) is 15.1. The number of hydrogen-bond acceptors (Lipinski definition) is 2. The van der Waals surface area contributed by atoms with Crippen molar-refractivity contribution in [1.82, 2.24) is 0 Å². The highest BCUT2D eigenvalue weighted by molar-refractivity contribution is 5.99. The molecule has 0 unspecified atom stereocenters. The summed E-state index contributed by atoms with van der Waals surface area (Å²) in [4.78, 5) is 14.9. The Balaban J connectivity index is 2.46. The maximum absolute atomic E-state index is 12.5. The van der Waals surface area contributed by atoms with E-state index in [2.05, 4.69) is 44.0 Å². The maximum atomic E-state index is 12.5. The molecule has 0 aromatic heterocycles. The summed E-state index contributed by atoms with van der Waals surface area (Å²) in [5, 5.41) is 3.20. The van der Waals surface area contributed by atoms with Crippen LogP contribution in [0.5, 0.6) is 0 Å². The van der Waals surface area contributed by atoms with Crippen LogP contribution in [0.25, 0.3) is 0 Å². The molecule has 2 rings (SSSR count). The number of carbonyl (C=O) groups excluding carboxylic acids is 1. The molecule has 0 atom stereocenters. The third-order valence-corrected chi connectivity index (χ3v) is 4.28. The van der Waals surface area contributed by atoms with Crippen molar-refractivity contribution in [2.75, 3.05) is 23.3 Å². The molecular formula is C19H30N2O. The molecule has 3 nitrogen and oxygen atoms in total. The lowest BCUT2D eigenvalue weighted by atomic mass is 9.94. The Labute approximate surface area is 135 Å². The average molecular weight is 302 g/mol. The number of nitrogens with zero attached hydrogens (tertiary/aromatic N) is 1. The number of benzene rings is 1. The van der Waals surface area contributed by atoms with E-state index in [0.717, 1.165) is 30.8 Å². The highest BCUT2D eigenvalue weighted by Gasteiger charge is 2.29. The van der Waals surface area contributed by atoms with Gasteiger partial charge in [0.25, 0.3) is 0 Å². The summed E-state index contributed by atoms with van der Waals surface area (Å²) in [5.41, 5.74) is 5.78. The van der Waals surface area contributed by atoms with E-state index in [4.69, 9.17) is 0 Å². The molecule has 1 aliphatic rings. The molecule has 0 aliphatic carbocycles. The lowest BCUT2D eigenvalue weighted by Gasteiger charge is -2.27. The molecule has 0 radical (unpaired) electrons. The van der Waals surface area contributed by atoms with Gasteiger partial charge in [-0.2, -0.15) is 0 Å². The summed E-state index contributed by atoms with van der Waals surface area (Å²) in [6.07, 6.45) is 1.08. The van der Waals surface area contributed by atoms with Crippen molar-refractivity contribution >= 4 is 17.3 Å². The number of fused-ring (bicyclic) bond motifs is 1. The molecule has 0 spiro atoms. The molecule has 0 fully saturated rings. The van der Waals surface area contributed by atoms with Gasteiger partial charge in [0.15, 0.2) is 0 Å². The van der Waals surface area contributed by atoms with Gasteiger partial charge >= 0.3 is 0 Å². The van der Waals surface area contributed by atoms with Crippen LogP contribution in [0.2, 0.25) is 0 Å². The smallest absolute Gasteiger partial charge is 0.229 e. The Kier molecular flexibility index (Phi) is 4.55. The third-order valence-electron chi connectivity index (χ3n) is 4.28. The molecule has 22 heavy (non-hydrogen) atoms. The highest BCUT2D eigenvalue weighted by Crippen LogP contribution is 2.41. The first-order chi connectivity index (χ1) is 10.1. The standard InChI is InChI=1S/C19H30N2O/c1-12(2)11-21-9-8-15-13(3)10-14(4)16(17(15)21)20-18(22)19(5,6)7/h10,12H,8-9,11H2,1-7H3,(H,20,22). The monoisotopic (exact) mass is 302 g/mol. The van der Waals surface area contributed by atoms with E-state index < -0.39 is 0 Å². The molecule has 1 aromatic rings. The van der Waals surface area contributed by atoms with E-state index in [0.29, 0.717) is 5.92 Å². The highest BCUT2D eigenvalue weighted by atomic mass is 16.2. The predicted octanol–water partition coefficient (Wildman–Crippen LogP) is 4.31. The normalized spacial score (nSPS) is 14.5. The van der Waals surface area contributed by atoms with Crippen molar-refractivity contribution in [1.29, 1.82) is 0 Å². The van der Waals surface area contributed by atoms with E-state index in [-0.39, 0.29) is 11.3 Å². The molecule has 1 aromatic carbocycles. The van der Waals surface area contributed by atoms with Crippen LogP contribution in [0.3, 0.4) is 0 Å². The Morgan fingerprint density at radius 3 is 2.45 bits per heavy atom. The molecule has 0 saturated heterocycles. The fourth-order valence-corrected chi connectivity index (χ4v) is 3.11. The van der Waals surface area contributed by atoms with Crippen LogP contribution < -0.4 is 10.2 Å². The summed E-state index contributed by atoms with van der Waals surface area (Å²) in [6.45, 7) is 16.7. The van der Waals surface area contributed by atoms with E-state index >= 15 is 0 Å². The first-order valence-electron chi connectivity index (χ1n) is 8.30. The molecule has 1 aliphatic heterocycles. The van der Waals surface area contributed by atoms with Crippen LogP contribution in [0, 0.1) is 25.2 Å². The Hall–Kier alpha value is -1.51. The van der Waals surface area contributed by atoms with E-state index in [9.17, 15) is 4.79 Å². The number of nitrogens with one attached hydrogen (secondary N) is 1. The Bertz CT molecular complexity index is 582. The minimum absolute atomic E-state index is 0.0815. The topological polar surface area (TPSA) is 32.3 Å². The predicted molar refractivity (Wildman–Crippen MR) is 94.8 cm³/mol. The van der Waals surface area contributed by atoms with Gasteiger partial charge in [-0.25, -0.2) is 0 Å². The summed E-state index contributed by atoms with van der Waals surface area (Å²) < 4.78 is 0. The Morgan fingerprint density at radius 2 is 1.91 bits per heavy atom. The number of amides is 1. The number of hydrogen-bond donors (Lipinski definition) is 1. The number of carbonyl (C=O) groups is 1. The SMILES string of the molecule is Cc1cc(C)c(NC(=O)C(C)(C)C)c2c1CCN2CC(C)C. The number of anilines is 2. The van der Waals surface area contributed by atoms with Crippen LogP contribution in [-0.2, 0) is 11.2 Å². The van der Waals surface area contributed by atoms with Crippen molar-refractivity contribution in [3.63, 3.8) is 0 Å². The van der Waals surface area contributed by atoms with E-state index in [1.165, 1.54) is 16.8 Å². The van der Waals surface area contributed by atoms with Crippen LogP contribution in [0.4, 0.5) is 11.4 Å². The van der Waals surface area contributed by atoms with Gasteiger partial charge in [0.05, 0.1) is 11.4 Å². The summed E-state index contributed by atoms with van der Waals surface area (Å²) in [7, 11) is 0. The quantitative estimate of drug-likeness (QED) is 0.902. The number of rotatable bonds is 3. The van der Waals surface area contributed by atoms with Crippen molar-refractivity contribution < 1.29 is 4.79 Å². The first-order valence-corrected chi connectivity index (χ1v) is 8.30. The molecule has 122 valence electrons. The van der Waals surface area contributed by atoms with Gasteiger partial charge in [0.2, 0.25) is 5.91 Å². The lowest BCUT2D eigenvalue weighted by molar-refractivity contribution is -0.123. The average Bonchev–Trinajstić information content (AvgIpc) is 2.76. The van der Waals surface area contributed by atoms with Gasteiger partial charge in [-0.05, 0) is 42.9 Å². The second-order valence-corrected chi connectivity index (χ2v) is 8.01. The van der Waals surface area contributed by atoms with Gasteiger partial charge in [0, 0.05) is 18.5 Å². The van der Waals surface area contributed by atoms with E-state index in [1.54, 1.807) is 0 Å². The summed E-state index contributed by atoms with van der Waals surface area (Å²) in [6, 6.07) is 2.20. The van der Waals surface area contributed by atoms with Crippen molar-refractivity contribution in [3.05, 3.63) is 22.8 Å². The second kappa shape index (κ2) is 5.94. The Morgan fingerprint density at radius 1 is 1.27 bits per heavy atom. The molecule has 0 bridgehead atoms. The van der Waals surface area contributed by atoms with Gasteiger partial charge in [0.1, 0.15) is 0 Å². The molecule has 1 amide bonds. The van der Waals surface area contributed by atoms with Crippen molar-refractivity contribution in [2.24, 2.45) is 11.3 Å². The summed E-state index contributed by atoms with van der Waals surface area (Å²) >= 11 is 0. The van der Waals surface area contributed by atoms with E-state index in [1.807, 2.05) is 20.8 Å². The fraction of sp³-hybridized carbons (Fsp3) is 0.632. The summed E-state index contributed by atoms with van der Waals surface area (Å²) in [5.74, 6) is 0.691. The van der Waals surface area contributed by atoms with Gasteiger partial charge in [-0.3, -0.25) is 4.79 Å². The minimum Gasteiger partial charge on any atom is -0.369 e. The van der Waals surface area contributed by atoms with Crippen LogP contribution in [0.15, 0.2) is 6.07 Å². The number of aryl methyl sites for hydroxylation is 2. The third kappa shape index (κ3) is 3.29. The zero-order valence-corrected chi connectivity index (χ0v) is 15.1. The zero-order chi connectivity index (χ0) is 16.7. The molecule has 0 saturated carbocycles. The van der Waals surface area contributed by atoms with Crippen LogP contribution in [0.1, 0.15) is 51.3 Å². The van der Waals surface area contributed by atoms with Gasteiger partial charge in [-0.15, -0.1) is 0 Å². The molecule has 3 heteroatoms. The second-order valence-electron chi connectivity index (χ2n) is 8.01. The molecular weight excluding hydrogens is 272 g/mol. The molecule has 1 N–H and O–H groups in total. The lowest BCUT2D eigenvalue weighted by Crippen LogP contribution is -2.30. The van der Waals surface area contributed by atoms with Gasteiger partial charge < -0.3 is 10.2 Å². The van der Waals surface area contributed by atoms with Crippen LogP contribution in [-0.4, -0.2) is 19.0 Å². The fourth-order valence-electron chi connectivity index (χ4n) is 3.11. The van der Waals surface area contributed by atoms with Gasteiger partial charge in [-0.1, -0.05) is 40.7 Å². The van der Waals surface area contributed by atoms with Crippen LogP contribution >= 0.6 is 0 Å². The minimum atomic E-state index is -0.383. The first kappa shape index (κ1) is 16.9. The van der Waals surface area contributed by atoms with Crippen molar-refractivity contribution in [2.45, 2.75) is 54.9 Å². The largest absolute Gasteiger partial charge is 0.369 e.